The van der Waals surface area contributed by atoms with Crippen LogP contribution in [0.3, 0.4) is 0 Å². The summed E-state index contributed by atoms with van der Waals surface area (Å²) in [4.78, 5) is 27.3. The van der Waals surface area contributed by atoms with E-state index in [1.807, 2.05) is 16.7 Å². The Labute approximate surface area is 138 Å². The summed E-state index contributed by atoms with van der Waals surface area (Å²) in [5, 5.41) is 12.1. The smallest absolute Gasteiger partial charge is 0.317 e. The Morgan fingerprint density at radius 2 is 1.96 bits per heavy atom. The quantitative estimate of drug-likeness (QED) is 0.781. The number of nitrogens with one attached hydrogen (secondary N) is 1. The summed E-state index contributed by atoms with van der Waals surface area (Å²) in [7, 11) is 0. The second kappa shape index (κ2) is 5.96. The molecule has 1 atom stereocenters. The van der Waals surface area contributed by atoms with Crippen molar-refractivity contribution in [2.75, 3.05) is 19.6 Å². The van der Waals surface area contributed by atoms with Gasteiger partial charge in [-0.3, -0.25) is 9.69 Å². The second-order valence-electron chi connectivity index (χ2n) is 8.13. The van der Waals surface area contributed by atoms with Crippen LogP contribution in [0.1, 0.15) is 46.5 Å². The summed E-state index contributed by atoms with van der Waals surface area (Å²) in [6, 6.07) is 0.954. The second-order valence-corrected chi connectivity index (χ2v) is 8.13. The molecule has 0 aromatic rings. The SMILES string of the molecule is CCN(CC(=O)O)C1CC(NC(=O)N2CC(C)(C)C2C2CC2)C1. The Morgan fingerprint density at radius 3 is 2.43 bits per heavy atom. The molecule has 0 aromatic heterocycles. The highest BCUT2D eigenvalue weighted by molar-refractivity contribution is 5.76. The molecule has 23 heavy (non-hydrogen) atoms. The Morgan fingerprint density at radius 1 is 1.30 bits per heavy atom. The van der Waals surface area contributed by atoms with Crippen LogP contribution < -0.4 is 5.32 Å². The van der Waals surface area contributed by atoms with E-state index in [9.17, 15) is 9.59 Å². The fourth-order valence-corrected chi connectivity index (χ4v) is 4.38. The number of urea groups is 1. The molecule has 3 rings (SSSR count). The summed E-state index contributed by atoms with van der Waals surface area (Å²) >= 11 is 0. The van der Waals surface area contributed by atoms with Gasteiger partial charge >= 0.3 is 12.0 Å². The fraction of sp³-hybridized carbons (Fsp3) is 0.882. The average molecular weight is 323 g/mol. The Balaban J connectivity index is 1.45. The molecule has 0 radical (unpaired) electrons. The van der Waals surface area contributed by atoms with E-state index in [1.165, 1.54) is 12.8 Å². The number of carbonyl (C=O) groups excluding carboxylic acids is 1. The number of carboxylic acid groups (broad SMARTS) is 1. The van der Waals surface area contributed by atoms with Crippen molar-refractivity contribution in [3.05, 3.63) is 0 Å². The van der Waals surface area contributed by atoms with Crippen LogP contribution >= 0.6 is 0 Å². The van der Waals surface area contributed by atoms with E-state index >= 15 is 0 Å². The minimum Gasteiger partial charge on any atom is -0.480 e. The Bertz CT molecular complexity index is 483. The summed E-state index contributed by atoms with van der Waals surface area (Å²) < 4.78 is 0. The van der Waals surface area contributed by atoms with E-state index in [2.05, 4.69) is 19.2 Å². The molecule has 3 fully saturated rings. The normalized spacial score (nSPS) is 32.2. The summed E-state index contributed by atoms with van der Waals surface area (Å²) in [5.74, 6) is -0.0841. The lowest BCUT2D eigenvalue weighted by Crippen LogP contribution is -2.68. The van der Waals surface area contributed by atoms with Crippen molar-refractivity contribution in [2.45, 2.75) is 64.6 Å². The van der Waals surface area contributed by atoms with Gasteiger partial charge in [-0.05, 0) is 38.1 Å². The van der Waals surface area contributed by atoms with Gasteiger partial charge in [0.05, 0.1) is 6.54 Å². The summed E-state index contributed by atoms with van der Waals surface area (Å²) in [5.41, 5.74) is 0.251. The largest absolute Gasteiger partial charge is 0.480 e. The first-order valence-electron chi connectivity index (χ1n) is 8.84. The van der Waals surface area contributed by atoms with Gasteiger partial charge in [-0.15, -0.1) is 0 Å². The van der Waals surface area contributed by atoms with Crippen LogP contribution in [0.4, 0.5) is 4.79 Å². The molecule has 1 saturated heterocycles. The highest BCUT2D eigenvalue weighted by Crippen LogP contribution is 2.50. The first-order chi connectivity index (χ1) is 10.8. The first kappa shape index (κ1) is 16.6. The molecule has 1 aliphatic heterocycles. The number of nitrogens with zero attached hydrogens (tertiary/aromatic N) is 2. The molecule has 6 heteroatoms. The van der Waals surface area contributed by atoms with Gasteiger partial charge in [0.1, 0.15) is 0 Å². The molecule has 0 aromatic carbocycles. The summed E-state index contributed by atoms with van der Waals surface area (Å²) in [6.07, 6.45) is 4.23. The predicted molar refractivity (Wildman–Crippen MR) is 87.2 cm³/mol. The molecule has 0 spiro atoms. The molecule has 2 saturated carbocycles. The zero-order valence-corrected chi connectivity index (χ0v) is 14.4. The van der Waals surface area contributed by atoms with Crippen molar-refractivity contribution in [1.82, 2.24) is 15.1 Å². The van der Waals surface area contributed by atoms with Crippen molar-refractivity contribution >= 4 is 12.0 Å². The number of hydrogen-bond donors (Lipinski definition) is 2. The average Bonchev–Trinajstić information content (AvgIpc) is 3.21. The maximum Gasteiger partial charge on any atom is 0.317 e. The third-order valence-corrected chi connectivity index (χ3v) is 5.75. The molecule has 1 unspecified atom stereocenters. The number of rotatable bonds is 6. The molecule has 130 valence electrons. The highest BCUT2D eigenvalue weighted by atomic mass is 16.4. The zero-order chi connectivity index (χ0) is 16.8. The molecule has 6 nitrogen and oxygen atoms in total. The number of likely N-dealkylation sites (N-methyl/N-ethyl adjacent to an activating group) is 1. The standard InChI is InChI=1S/C17H29N3O3/c1-4-19(9-14(21)22)13-7-12(8-13)18-16(23)20-10-17(2,3)15(20)11-5-6-11/h11-13,15H,4-10H2,1-3H3,(H,18,23)(H,21,22). The number of carbonyl (C=O) groups is 2. The lowest BCUT2D eigenvalue weighted by molar-refractivity contribution is -0.139. The Hall–Kier alpha value is -1.30. The first-order valence-corrected chi connectivity index (χ1v) is 8.84. The van der Waals surface area contributed by atoms with Gasteiger partial charge in [-0.2, -0.15) is 0 Å². The molecule has 0 bridgehead atoms. The maximum atomic E-state index is 12.5. The molecule has 2 N–H and O–H groups in total. The third-order valence-electron chi connectivity index (χ3n) is 5.75. The van der Waals surface area contributed by atoms with Crippen molar-refractivity contribution in [1.29, 1.82) is 0 Å². The van der Waals surface area contributed by atoms with Crippen LogP contribution in [0.25, 0.3) is 0 Å². The molecular formula is C17H29N3O3. The van der Waals surface area contributed by atoms with Gasteiger partial charge in [0.15, 0.2) is 0 Å². The van der Waals surface area contributed by atoms with Crippen LogP contribution in [0, 0.1) is 11.3 Å². The van der Waals surface area contributed by atoms with E-state index in [0.29, 0.717) is 12.0 Å². The van der Waals surface area contributed by atoms with Crippen molar-refractivity contribution in [3.8, 4) is 0 Å². The van der Waals surface area contributed by atoms with Crippen LogP contribution in [-0.2, 0) is 4.79 Å². The molecule has 3 aliphatic rings. The third kappa shape index (κ3) is 3.32. The zero-order valence-electron chi connectivity index (χ0n) is 14.4. The lowest BCUT2D eigenvalue weighted by atomic mass is 9.72. The maximum absolute atomic E-state index is 12.5. The number of hydrogen-bond acceptors (Lipinski definition) is 3. The molecule has 1 heterocycles. The van der Waals surface area contributed by atoms with E-state index < -0.39 is 5.97 Å². The van der Waals surface area contributed by atoms with Gasteiger partial charge in [-0.25, -0.2) is 4.79 Å². The van der Waals surface area contributed by atoms with Gasteiger partial charge in [0.2, 0.25) is 0 Å². The minimum atomic E-state index is -0.783. The fourth-order valence-electron chi connectivity index (χ4n) is 4.38. The number of carboxylic acids is 1. The highest BCUT2D eigenvalue weighted by Gasteiger charge is 2.54. The van der Waals surface area contributed by atoms with Gasteiger partial charge in [-0.1, -0.05) is 20.8 Å². The van der Waals surface area contributed by atoms with Crippen molar-refractivity contribution in [3.63, 3.8) is 0 Å². The number of amides is 2. The van der Waals surface area contributed by atoms with Crippen molar-refractivity contribution < 1.29 is 14.7 Å². The number of likely N-dealkylation sites (tertiary alicyclic amines) is 1. The minimum absolute atomic E-state index is 0.0750. The summed E-state index contributed by atoms with van der Waals surface area (Å²) in [6.45, 7) is 8.16. The van der Waals surface area contributed by atoms with Crippen LogP contribution in [0.5, 0.6) is 0 Å². The van der Waals surface area contributed by atoms with Gasteiger partial charge in [0.25, 0.3) is 0 Å². The lowest BCUT2D eigenvalue weighted by Gasteiger charge is -2.55. The van der Waals surface area contributed by atoms with E-state index in [0.717, 1.165) is 25.9 Å². The predicted octanol–water partition coefficient (Wildman–Crippen LogP) is 1.75. The van der Waals surface area contributed by atoms with E-state index in [-0.39, 0.29) is 30.1 Å². The molecule has 2 aliphatic carbocycles. The van der Waals surface area contributed by atoms with Crippen LogP contribution in [0.2, 0.25) is 0 Å². The van der Waals surface area contributed by atoms with Gasteiger partial charge in [0, 0.05) is 30.1 Å². The topological polar surface area (TPSA) is 72.9 Å². The molecular weight excluding hydrogens is 294 g/mol. The van der Waals surface area contributed by atoms with Crippen LogP contribution in [-0.4, -0.2) is 64.7 Å². The van der Waals surface area contributed by atoms with Crippen molar-refractivity contribution in [2.24, 2.45) is 11.3 Å². The van der Waals surface area contributed by atoms with E-state index in [4.69, 9.17) is 5.11 Å². The Kier molecular flexibility index (Phi) is 4.29. The molecule has 2 amide bonds. The van der Waals surface area contributed by atoms with Crippen LogP contribution in [0.15, 0.2) is 0 Å². The number of aliphatic carboxylic acids is 1. The van der Waals surface area contributed by atoms with E-state index in [1.54, 1.807) is 0 Å². The monoisotopic (exact) mass is 323 g/mol. The van der Waals surface area contributed by atoms with Gasteiger partial charge < -0.3 is 15.3 Å².